The van der Waals surface area contributed by atoms with Crippen LogP contribution in [0.3, 0.4) is 0 Å². The normalized spacial score (nSPS) is 14.1. The predicted octanol–water partition coefficient (Wildman–Crippen LogP) is 1.93. The molecular formula is C17H28N4O4. The second-order valence-corrected chi connectivity index (χ2v) is 6.11. The molecule has 0 amide bonds. The number of ether oxygens (including phenoxy) is 1. The summed E-state index contributed by atoms with van der Waals surface area (Å²) in [7, 11) is 0. The summed E-state index contributed by atoms with van der Waals surface area (Å²) in [5.74, 6) is 1.57. The van der Waals surface area contributed by atoms with E-state index in [9.17, 15) is 15.2 Å². The molecule has 140 valence electrons. The SMILES string of the molecule is CCNC(=NCC(O)COc1ccc([N+](=O)[O-])cc1)NC(C)C(C)C. The lowest BCUT2D eigenvalue weighted by Gasteiger charge is -2.21. The molecule has 0 spiro atoms. The molecule has 8 heteroatoms. The van der Waals surface area contributed by atoms with E-state index in [-0.39, 0.29) is 24.9 Å². The average Bonchev–Trinajstić information content (AvgIpc) is 2.58. The number of aliphatic hydroxyl groups excluding tert-OH is 1. The van der Waals surface area contributed by atoms with Gasteiger partial charge >= 0.3 is 0 Å². The molecule has 0 aliphatic rings. The largest absolute Gasteiger partial charge is 0.491 e. The Balaban J connectivity index is 2.50. The van der Waals surface area contributed by atoms with Gasteiger partial charge in [-0.15, -0.1) is 0 Å². The smallest absolute Gasteiger partial charge is 0.269 e. The van der Waals surface area contributed by atoms with Crippen molar-refractivity contribution in [2.45, 2.75) is 39.8 Å². The second kappa shape index (κ2) is 10.5. The highest BCUT2D eigenvalue weighted by atomic mass is 16.6. The first-order chi connectivity index (χ1) is 11.8. The summed E-state index contributed by atoms with van der Waals surface area (Å²) in [4.78, 5) is 14.5. The van der Waals surface area contributed by atoms with Crippen LogP contribution in [0.5, 0.6) is 5.75 Å². The molecule has 0 radical (unpaired) electrons. The fraction of sp³-hybridized carbons (Fsp3) is 0.588. The van der Waals surface area contributed by atoms with Gasteiger partial charge in [-0.2, -0.15) is 0 Å². The fourth-order valence-corrected chi connectivity index (χ4v) is 1.81. The van der Waals surface area contributed by atoms with Crippen LogP contribution in [0.2, 0.25) is 0 Å². The molecule has 0 saturated heterocycles. The maximum Gasteiger partial charge on any atom is 0.269 e. The predicted molar refractivity (Wildman–Crippen MR) is 98.0 cm³/mol. The maximum absolute atomic E-state index is 10.6. The highest BCUT2D eigenvalue weighted by Gasteiger charge is 2.11. The number of aliphatic hydroxyl groups is 1. The van der Waals surface area contributed by atoms with Gasteiger partial charge in [0.1, 0.15) is 18.5 Å². The van der Waals surface area contributed by atoms with Crippen molar-refractivity contribution in [1.82, 2.24) is 10.6 Å². The van der Waals surface area contributed by atoms with Crippen LogP contribution in [0.4, 0.5) is 5.69 Å². The lowest BCUT2D eigenvalue weighted by Crippen LogP contribution is -2.44. The van der Waals surface area contributed by atoms with E-state index in [0.29, 0.717) is 17.6 Å². The minimum absolute atomic E-state index is 0.00173. The van der Waals surface area contributed by atoms with Crippen molar-refractivity contribution < 1.29 is 14.8 Å². The first-order valence-electron chi connectivity index (χ1n) is 8.43. The first-order valence-corrected chi connectivity index (χ1v) is 8.43. The number of non-ortho nitro benzene ring substituents is 1. The van der Waals surface area contributed by atoms with Gasteiger partial charge in [0.2, 0.25) is 0 Å². The molecule has 25 heavy (non-hydrogen) atoms. The van der Waals surface area contributed by atoms with Gasteiger partial charge in [0.15, 0.2) is 5.96 Å². The molecule has 0 aliphatic carbocycles. The Morgan fingerprint density at radius 2 is 1.96 bits per heavy atom. The Labute approximate surface area is 148 Å². The summed E-state index contributed by atoms with van der Waals surface area (Å²) in [6.45, 7) is 9.26. The summed E-state index contributed by atoms with van der Waals surface area (Å²) in [5, 5.41) is 27.0. The Kier molecular flexibility index (Phi) is 8.69. The van der Waals surface area contributed by atoms with E-state index in [0.717, 1.165) is 6.54 Å². The summed E-state index contributed by atoms with van der Waals surface area (Å²) in [5.41, 5.74) is -0.00173. The Bertz CT molecular complexity index is 560. The zero-order chi connectivity index (χ0) is 18.8. The molecule has 0 bridgehead atoms. The van der Waals surface area contributed by atoms with E-state index in [2.05, 4.69) is 36.4 Å². The van der Waals surface area contributed by atoms with Crippen molar-refractivity contribution in [3.05, 3.63) is 34.4 Å². The van der Waals surface area contributed by atoms with E-state index >= 15 is 0 Å². The maximum atomic E-state index is 10.6. The third kappa shape index (κ3) is 7.84. The molecule has 0 fully saturated rings. The van der Waals surface area contributed by atoms with Crippen molar-refractivity contribution in [3.63, 3.8) is 0 Å². The van der Waals surface area contributed by atoms with Crippen LogP contribution in [-0.4, -0.2) is 47.8 Å². The first kappa shape index (κ1) is 20.7. The Hall–Kier alpha value is -2.35. The lowest BCUT2D eigenvalue weighted by molar-refractivity contribution is -0.384. The van der Waals surface area contributed by atoms with Gasteiger partial charge in [0, 0.05) is 24.7 Å². The number of guanidine groups is 1. The number of hydrogen-bond donors (Lipinski definition) is 3. The van der Waals surface area contributed by atoms with E-state index in [4.69, 9.17) is 4.74 Å². The third-order valence-electron chi connectivity index (χ3n) is 3.66. The number of benzene rings is 1. The van der Waals surface area contributed by atoms with E-state index in [1.54, 1.807) is 0 Å². The van der Waals surface area contributed by atoms with Gasteiger partial charge < -0.3 is 20.5 Å². The van der Waals surface area contributed by atoms with Crippen LogP contribution >= 0.6 is 0 Å². The van der Waals surface area contributed by atoms with E-state index in [1.807, 2.05) is 6.92 Å². The molecule has 2 unspecified atom stereocenters. The quantitative estimate of drug-likeness (QED) is 0.271. The van der Waals surface area contributed by atoms with E-state index in [1.165, 1.54) is 24.3 Å². The van der Waals surface area contributed by atoms with Crippen LogP contribution in [0.15, 0.2) is 29.3 Å². The fourth-order valence-electron chi connectivity index (χ4n) is 1.81. The van der Waals surface area contributed by atoms with E-state index < -0.39 is 11.0 Å². The molecule has 8 nitrogen and oxygen atoms in total. The topological polar surface area (TPSA) is 109 Å². The summed E-state index contributed by atoms with van der Waals surface area (Å²) < 4.78 is 5.43. The van der Waals surface area contributed by atoms with Gasteiger partial charge in [-0.3, -0.25) is 15.1 Å². The molecule has 2 atom stereocenters. The molecule has 0 aromatic heterocycles. The molecule has 0 aliphatic heterocycles. The number of rotatable bonds is 9. The average molecular weight is 352 g/mol. The van der Waals surface area contributed by atoms with Gasteiger partial charge in [-0.1, -0.05) is 13.8 Å². The minimum atomic E-state index is -0.778. The van der Waals surface area contributed by atoms with Crippen LogP contribution in [0.25, 0.3) is 0 Å². The van der Waals surface area contributed by atoms with Crippen LogP contribution in [0, 0.1) is 16.0 Å². The highest BCUT2D eigenvalue weighted by molar-refractivity contribution is 5.80. The van der Waals surface area contributed by atoms with Crippen molar-refractivity contribution in [2.24, 2.45) is 10.9 Å². The van der Waals surface area contributed by atoms with Crippen molar-refractivity contribution >= 4 is 11.6 Å². The summed E-state index contributed by atoms with van der Waals surface area (Å²) in [6.07, 6.45) is -0.778. The molecule has 1 aromatic carbocycles. The molecule has 3 N–H and O–H groups in total. The minimum Gasteiger partial charge on any atom is -0.491 e. The summed E-state index contributed by atoms with van der Waals surface area (Å²) in [6, 6.07) is 5.99. The third-order valence-corrected chi connectivity index (χ3v) is 3.66. The summed E-state index contributed by atoms with van der Waals surface area (Å²) >= 11 is 0. The van der Waals surface area contributed by atoms with Gasteiger partial charge in [-0.25, -0.2) is 0 Å². The van der Waals surface area contributed by atoms with Crippen molar-refractivity contribution in [1.29, 1.82) is 0 Å². The molecule has 0 saturated carbocycles. The van der Waals surface area contributed by atoms with Crippen LogP contribution < -0.4 is 15.4 Å². The standard InChI is InChI=1S/C17H28N4O4/c1-5-18-17(20-13(4)12(2)3)19-10-15(22)11-25-16-8-6-14(7-9-16)21(23)24/h6-9,12-13,15,22H,5,10-11H2,1-4H3,(H2,18,19,20). The number of nitro groups is 1. The number of nitro benzene ring substituents is 1. The Morgan fingerprint density at radius 3 is 2.48 bits per heavy atom. The number of nitrogens with one attached hydrogen (secondary N) is 2. The zero-order valence-corrected chi connectivity index (χ0v) is 15.2. The van der Waals surface area contributed by atoms with Crippen molar-refractivity contribution in [2.75, 3.05) is 19.7 Å². The second-order valence-electron chi connectivity index (χ2n) is 6.11. The molecule has 0 heterocycles. The number of hydrogen-bond acceptors (Lipinski definition) is 5. The number of aliphatic imine (C=N–C) groups is 1. The zero-order valence-electron chi connectivity index (χ0n) is 15.2. The highest BCUT2D eigenvalue weighted by Crippen LogP contribution is 2.17. The molecule has 1 aromatic rings. The Morgan fingerprint density at radius 1 is 1.32 bits per heavy atom. The van der Waals surface area contributed by atoms with Crippen LogP contribution in [0.1, 0.15) is 27.7 Å². The van der Waals surface area contributed by atoms with Crippen LogP contribution in [-0.2, 0) is 0 Å². The number of nitrogens with zero attached hydrogens (tertiary/aromatic N) is 2. The van der Waals surface area contributed by atoms with Gasteiger partial charge in [-0.05, 0) is 31.9 Å². The molecular weight excluding hydrogens is 324 g/mol. The lowest BCUT2D eigenvalue weighted by atomic mass is 10.1. The van der Waals surface area contributed by atoms with Crippen molar-refractivity contribution in [3.8, 4) is 5.75 Å². The van der Waals surface area contributed by atoms with Gasteiger partial charge in [0.25, 0.3) is 5.69 Å². The van der Waals surface area contributed by atoms with Gasteiger partial charge in [0.05, 0.1) is 11.5 Å². The molecule has 1 rings (SSSR count). The monoisotopic (exact) mass is 352 g/mol.